The molecule has 0 unspecified atom stereocenters. The van der Waals surface area contributed by atoms with Crippen molar-refractivity contribution in [1.82, 2.24) is 9.55 Å². The number of aryl methyl sites for hydroxylation is 1. The van der Waals surface area contributed by atoms with Gasteiger partial charge in [-0.15, -0.1) is 11.8 Å². The number of hydrogen-bond acceptors (Lipinski definition) is 6. The van der Waals surface area contributed by atoms with Crippen molar-refractivity contribution in [2.75, 3.05) is 18.6 Å². The fraction of sp³-hybridized carbons (Fsp3) is 0.250. The summed E-state index contributed by atoms with van der Waals surface area (Å²) < 4.78 is 6.99. The Morgan fingerprint density at radius 1 is 1.19 bits per heavy atom. The Kier molecular flexibility index (Phi) is 5.51. The predicted octanol–water partition coefficient (Wildman–Crippen LogP) is 3.56. The van der Waals surface area contributed by atoms with Gasteiger partial charge in [-0.25, -0.2) is 9.78 Å². The zero-order chi connectivity index (χ0) is 19.6. The molecule has 27 heavy (non-hydrogen) atoms. The Morgan fingerprint density at radius 2 is 1.89 bits per heavy atom. The highest BCUT2D eigenvalue weighted by molar-refractivity contribution is 7.98. The number of anilines is 1. The van der Waals surface area contributed by atoms with Crippen LogP contribution in [-0.4, -0.2) is 28.4 Å². The molecule has 0 atom stereocenters. The Balaban J connectivity index is 2.31. The fourth-order valence-corrected chi connectivity index (χ4v) is 3.81. The van der Waals surface area contributed by atoms with Crippen molar-refractivity contribution in [1.29, 1.82) is 0 Å². The molecule has 0 radical (unpaired) electrons. The van der Waals surface area contributed by atoms with Crippen molar-refractivity contribution < 1.29 is 9.53 Å². The van der Waals surface area contributed by atoms with Crippen LogP contribution in [0.1, 0.15) is 24.2 Å². The molecule has 3 aromatic rings. The molecule has 1 aromatic carbocycles. The Bertz CT molecular complexity index is 1060. The number of ether oxygens (including phenoxy) is 1. The molecule has 0 spiro atoms. The highest BCUT2D eigenvalue weighted by atomic mass is 32.2. The van der Waals surface area contributed by atoms with Crippen LogP contribution in [0.3, 0.4) is 0 Å². The number of thioether (sulfide) groups is 1. The molecule has 0 bridgehead atoms. The monoisotopic (exact) mass is 383 g/mol. The van der Waals surface area contributed by atoms with Crippen LogP contribution >= 0.6 is 11.8 Å². The molecule has 0 saturated heterocycles. The minimum Gasteiger partial charge on any atom is -0.462 e. The van der Waals surface area contributed by atoms with Gasteiger partial charge in [0.05, 0.1) is 22.7 Å². The number of nitrogens with zero attached hydrogens (tertiary/aromatic N) is 2. The molecule has 6 nitrogen and oxygen atoms in total. The quantitative estimate of drug-likeness (QED) is 0.412. The smallest absolute Gasteiger partial charge is 0.344 e. The van der Waals surface area contributed by atoms with E-state index in [-0.39, 0.29) is 17.6 Å². The number of pyridine rings is 2. The summed E-state index contributed by atoms with van der Waals surface area (Å²) >= 11 is 1.34. The number of esters is 1. The molecule has 0 aliphatic carbocycles. The van der Waals surface area contributed by atoms with E-state index in [1.54, 1.807) is 19.1 Å². The first-order chi connectivity index (χ1) is 13.0. The van der Waals surface area contributed by atoms with Crippen LogP contribution in [0.25, 0.3) is 22.3 Å². The molecule has 3 rings (SSSR count). The molecular weight excluding hydrogens is 362 g/mol. The summed E-state index contributed by atoms with van der Waals surface area (Å²) in [5.41, 5.74) is 8.34. The van der Waals surface area contributed by atoms with E-state index in [9.17, 15) is 9.59 Å². The van der Waals surface area contributed by atoms with Crippen molar-refractivity contribution >= 4 is 34.5 Å². The lowest BCUT2D eigenvalue weighted by atomic mass is 10.1. The van der Waals surface area contributed by atoms with E-state index in [0.717, 1.165) is 11.3 Å². The summed E-state index contributed by atoms with van der Waals surface area (Å²) in [6.07, 6.45) is 1.83. The van der Waals surface area contributed by atoms with Gasteiger partial charge in [0.25, 0.3) is 0 Å². The number of benzene rings is 1. The van der Waals surface area contributed by atoms with Gasteiger partial charge in [-0.2, -0.15) is 0 Å². The van der Waals surface area contributed by atoms with Crippen LogP contribution in [0, 0.1) is 0 Å². The number of aromatic nitrogens is 2. The second-order valence-corrected chi connectivity index (χ2v) is 6.66. The van der Waals surface area contributed by atoms with Crippen LogP contribution in [0.15, 0.2) is 46.2 Å². The molecule has 2 heterocycles. The number of nitrogen functional groups attached to an aromatic ring is 1. The number of hydrogen-bond donors (Lipinski definition) is 1. The van der Waals surface area contributed by atoms with Crippen molar-refractivity contribution in [3.63, 3.8) is 0 Å². The molecule has 0 aliphatic heterocycles. The van der Waals surface area contributed by atoms with E-state index >= 15 is 0 Å². The maximum absolute atomic E-state index is 13.0. The van der Waals surface area contributed by atoms with Gasteiger partial charge in [-0.05, 0) is 44.4 Å². The van der Waals surface area contributed by atoms with Crippen LogP contribution in [-0.2, 0) is 11.3 Å². The Morgan fingerprint density at radius 3 is 2.48 bits per heavy atom. The summed E-state index contributed by atoms with van der Waals surface area (Å²) in [5, 5.41) is 0.965. The average molecular weight is 383 g/mol. The molecule has 2 aromatic heterocycles. The maximum atomic E-state index is 13.0. The van der Waals surface area contributed by atoms with E-state index < -0.39 is 5.97 Å². The molecule has 140 valence electrons. The summed E-state index contributed by atoms with van der Waals surface area (Å²) in [4.78, 5) is 30.1. The highest BCUT2D eigenvalue weighted by Crippen LogP contribution is 2.26. The lowest BCUT2D eigenvalue weighted by molar-refractivity contribution is 0.0519. The highest BCUT2D eigenvalue weighted by Gasteiger charge is 2.23. The number of fused-ring (bicyclic) bond motifs is 1. The lowest BCUT2D eigenvalue weighted by Crippen LogP contribution is -2.24. The molecule has 0 amide bonds. The van der Waals surface area contributed by atoms with Crippen molar-refractivity contribution in [3.8, 4) is 11.3 Å². The summed E-state index contributed by atoms with van der Waals surface area (Å²) in [7, 11) is 0. The Hall–Kier alpha value is -2.80. The summed E-state index contributed by atoms with van der Waals surface area (Å²) in [6, 6.07) is 10.9. The third kappa shape index (κ3) is 3.42. The minimum atomic E-state index is -0.599. The molecule has 0 saturated carbocycles. The number of carbonyl (C=O) groups excluding carboxylic acids is 1. The van der Waals surface area contributed by atoms with E-state index in [1.807, 2.05) is 42.0 Å². The fourth-order valence-electron chi connectivity index (χ4n) is 3.00. The number of nitrogens with two attached hydrogens (primary N) is 1. The van der Waals surface area contributed by atoms with E-state index in [0.29, 0.717) is 28.3 Å². The van der Waals surface area contributed by atoms with Gasteiger partial charge < -0.3 is 15.0 Å². The number of rotatable bonds is 5. The van der Waals surface area contributed by atoms with E-state index in [2.05, 4.69) is 0 Å². The third-order valence-electron chi connectivity index (χ3n) is 4.26. The summed E-state index contributed by atoms with van der Waals surface area (Å²) in [5.74, 6) is -0.599. The number of carbonyl (C=O) groups is 1. The van der Waals surface area contributed by atoms with Gasteiger partial charge in [0.2, 0.25) is 5.43 Å². The van der Waals surface area contributed by atoms with Gasteiger partial charge >= 0.3 is 5.97 Å². The van der Waals surface area contributed by atoms with Gasteiger partial charge in [0.15, 0.2) is 0 Å². The first-order valence-electron chi connectivity index (χ1n) is 8.66. The normalized spacial score (nSPS) is 10.9. The standard InChI is InChI=1S/C20H21N3O3S/c1-4-23-18-14(17(24)16(19(23)27-3)20(25)26-5-2)10-11-15(22-18)12-6-8-13(21)9-7-12/h6-11H,4-5,21H2,1-3H3. The SMILES string of the molecule is CCOC(=O)c1c(SC)n(CC)c2nc(-c3ccc(N)cc3)ccc2c1=O. The average Bonchev–Trinajstić information content (AvgIpc) is 2.68. The zero-order valence-corrected chi connectivity index (χ0v) is 16.3. The van der Waals surface area contributed by atoms with Crippen LogP contribution < -0.4 is 11.2 Å². The van der Waals surface area contributed by atoms with Gasteiger partial charge in [-0.3, -0.25) is 4.79 Å². The topological polar surface area (TPSA) is 87.2 Å². The van der Waals surface area contributed by atoms with Crippen LogP contribution in [0.2, 0.25) is 0 Å². The second kappa shape index (κ2) is 7.84. The first-order valence-corrected chi connectivity index (χ1v) is 9.88. The lowest BCUT2D eigenvalue weighted by Gasteiger charge is -2.17. The second-order valence-electron chi connectivity index (χ2n) is 5.87. The van der Waals surface area contributed by atoms with E-state index in [1.165, 1.54) is 11.8 Å². The first kappa shape index (κ1) is 19.0. The maximum Gasteiger partial charge on any atom is 0.344 e. The van der Waals surface area contributed by atoms with Crippen LogP contribution in [0.4, 0.5) is 5.69 Å². The molecule has 2 N–H and O–H groups in total. The van der Waals surface area contributed by atoms with Crippen molar-refractivity contribution in [2.24, 2.45) is 0 Å². The molecule has 0 fully saturated rings. The summed E-state index contributed by atoms with van der Waals surface area (Å²) in [6.45, 7) is 4.45. The third-order valence-corrected chi connectivity index (χ3v) is 5.07. The van der Waals surface area contributed by atoms with Crippen molar-refractivity contribution in [2.45, 2.75) is 25.4 Å². The predicted molar refractivity (Wildman–Crippen MR) is 109 cm³/mol. The minimum absolute atomic E-state index is 0.0701. The molecular formula is C20H21N3O3S. The van der Waals surface area contributed by atoms with Gasteiger partial charge in [0.1, 0.15) is 11.2 Å². The largest absolute Gasteiger partial charge is 0.462 e. The van der Waals surface area contributed by atoms with Crippen molar-refractivity contribution in [3.05, 3.63) is 52.2 Å². The Labute approximate surface area is 161 Å². The van der Waals surface area contributed by atoms with E-state index in [4.69, 9.17) is 15.5 Å². The van der Waals surface area contributed by atoms with Gasteiger partial charge in [0, 0.05) is 17.8 Å². The molecule has 7 heteroatoms. The van der Waals surface area contributed by atoms with Gasteiger partial charge in [-0.1, -0.05) is 12.1 Å². The van der Waals surface area contributed by atoms with Crippen LogP contribution in [0.5, 0.6) is 0 Å². The molecule has 0 aliphatic rings. The zero-order valence-electron chi connectivity index (χ0n) is 15.5.